The summed E-state index contributed by atoms with van der Waals surface area (Å²) >= 11 is 5.46. The van der Waals surface area contributed by atoms with Crippen molar-refractivity contribution in [3.05, 3.63) is 0 Å². The van der Waals surface area contributed by atoms with Crippen LogP contribution in [-0.4, -0.2) is 32.9 Å². The van der Waals surface area contributed by atoms with Crippen LogP contribution in [0.1, 0.15) is 6.42 Å². The minimum atomic E-state index is -0.566. The van der Waals surface area contributed by atoms with E-state index in [9.17, 15) is 0 Å². The minimum absolute atomic E-state index is 0.566. The quantitative estimate of drug-likeness (QED) is 0.521. The molecule has 0 spiro atoms. The number of rotatable bonds is 6. The highest BCUT2D eigenvalue weighted by atomic mass is 79.9. The molecule has 0 heterocycles. The van der Waals surface area contributed by atoms with Gasteiger partial charge in [-0.2, -0.15) is 11.2 Å². The monoisotopic (exact) mass is 242 g/mol. The molecule has 0 aromatic carbocycles. The van der Waals surface area contributed by atoms with Crippen LogP contribution in [0.15, 0.2) is 0 Å². The number of hydrogen-bond acceptors (Lipinski definition) is 2. The Kier molecular flexibility index (Phi) is 8.92. The zero-order valence-corrected chi connectivity index (χ0v) is 10.2. The molecule has 0 saturated heterocycles. The van der Waals surface area contributed by atoms with E-state index in [1.54, 1.807) is 7.11 Å². The van der Waals surface area contributed by atoms with Crippen LogP contribution in [0.3, 0.4) is 0 Å². The number of halogens is 1. The molecule has 1 atom stereocenters. The molecular weight excluding hydrogens is 228 g/mol. The third kappa shape index (κ3) is 5.77. The van der Waals surface area contributed by atoms with E-state index in [1.165, 1.54) is 12.5 Å². The first-order valence-corrected chi connectivity index (χ1v) is 8.88. The number of hydrogen-bond donors (Lipinski definition) is 0. The molecular formula is C6H15BrOSSi. The van der Waals surface area contributed by atoms with Gasteiger partial charge in [0.1, 0.15) is 7.95 Å². The molecule has 0 saturated carbocycles. The molecule has 0 N–H and O–H groups in total. The molecule has 0 bridgehead atoms. The van der Waals surface area contributed by atoms with Crippen LogP contribution in [0.2, 0.25) is 6.04 Å². The largest absolute Gasteiger partial charge is 0.387 e. The van der Waals surface area contributed by atoms with Crippen LogP contribution in [-0.2, 0) is 4.74 Å². The zero-order valence-electron chi connectivity index (χ0n) is 6.60. The second kappa shape index (κ2) is 8.11. The van der Waals surface area contributed by atoms with E-state index in [2.05, 4.69) is 22.2 Å². The van der Waals surface area contributed by atoms with Gasteiger partial charge in [0.25, 0.3) is 0 Å². The Bertz CT molecular complexity index is 74.8. The smallest absolute Gasteiger partial charge is 0.129 e. The Morgan fingerprint density at radius 2 is 2.30 bits per heavy atom. The fourth-order valence-corrected chi connectivity index (χ4v) is 5.27. The average molecular weight is 243 g/mol. The van der Waals surface area contributed by atoms with Crippen LogP contribution in [0, 0.1) is 0 Å². The van der Waals surface area contributed by atoms with E-state index in [0.717, 1.165) is 11.6 Å². The van der Waals surface area contributed by atoms with E-state index in [0.29, 0.717) is 0 Å². The third-order valence-electron chi connectivity index (χ3n) is 1.35. The van der Waals surface area contributed by atoms with E-state index in [4.69, 9.17) is 4.74 Å². The lowest BCUT2D eigenvalue weighted by Gasteiger charge is -2.09. The summed E-state index contributed by atoms with van der Waals surface area (Å²) in [5.41, 5.74) is 0. The summed E-state index contributed by atoms with van der Waals surface area (Å²) in [7, 11) is 1.23. The van der Waals surface area contributed by atoms with Crippen molar-refractivity contribution in [3.63, 3.8) is 0 Å². The van der Waals surface area contributed by atoms with Gasteiger partial charge in [-0.25, -0.2) is 0 Å². The normalized spacial score (nSPS) is 13.5. The molecule has 0 rings (SSSR count). The zero-order chi connectivity index (χ0) is 7.82. The second-order valence-electron chi connectivity index (χ2n) is 2.14. The maximum Gasteiger partial charge on any atom is 0.129 e. The summed E-state index contributed by atoms with van der Waals surface area (Å²) in [6.07, 6.45) is 4.53. The van der Waals surface area contributed by atoms with Crippen LogP contribution in [0.25, 0.3) is 0 Å². The second-order valence-corrected chi connectivity index (χ2v) is 8.98. The molecule has 1 nitrogen and oxygen atoms in total. The van der Waals surface area contributed by atoms with Gasteiger partial charge < -0.3 is 4.74 Å². The maximum atomic E-state index is 5.12. The van der Waals surface area contributed by atoms with Crippen molar-refractivity contribution in [2.24, 2.45) is 0 Å². The van der Waals surface area contributed by atoms with Gasteiger partial charge in [-0.05, 0) is 18.7 Å². The van der Waals surface area contributed by atoms with Crippen molar-refractivity contribution in [2.45, 2.75) is 12.5 Å². The van der Waals surface area contributed by atoms with Gasteiger partial charge in [-0.1, -0.05) is 15.9 Å². The van der Waals surface area contributed by atoms with Crippen LogP contribution in [0.4, 0.5) is 0 Å². The lowest BCUT2D eigenvalue weighted by molar-refractivity contribution is 0.250. The van der Waals surface area contributed by atoms with Gasteiger partial charge in [0, 0.05) is 18.7 Å². The predicted octanol–water partition coefficient (Wildman–Crippen LogP) is 2.04. The summed E-state index contributed by atoms with van der Waals surface area (Å²) < 4.78 is 5.12. The number of ether oxygens (including phenoxy) is 1. The van der Waals surface area contributed by atoms with E-state index in [-0.39, 0.29) is 0 Å². The van der Waals surface area contributed by atoms with Gasteiger partial charge in [-0.15, -0.1) is 0 Å². The molecule has 0 aromatic heterocycles. The summed E-state index contributed by atoms with van der Waals surface area (Å²) in [6.45, 7) is 0. The molecule has 0 aromatic rings. The summed E-state index contributed by atoms with van der Waals surface area (Å²) in [5, 5.41) is 1.14. The Morgan fingerprint density at radius 1 is 1.60 bits per heavy atom. The molecule has 1 unspecified atom stereocenters. The van der Waals surface area contributed by atoms with Crippen molar-refractivity contribution in [3.8, 4) is 0 Å². The SMILES string of the molecule is COC[SiH](CCCBr)SC. The summed E-state index contributed by atoms with van der Waals surface area (Å²) in [5.74, 6) is 0. The van der Waals surface area contributed by atoms with Crippen molar-refractivity contribution in [1.29, 1.82) is 0 Å². The fraction of sp³-hybridized carbons (Fsp3) is 1.00. The summed E-state index contributed by atoms with van der Waals surface area (Å²) in [6, 6.07) is 1.39. The molecule has 10 heavy (non-hydrogen) atoms. The molecule has 0 radical (unpaired) electrons. The first kappa shape index (κ1) is 11.0. The highest BCUT2D eigenvalue weighted by Crippen LogP contribution is 2.10. The number of methoxy groups -OCH3 is 1. The Labute approximate surface area is 77.3 Å². The van der Waals surface area contributed by atoms with Crippen LogP contribution >= 0.6 is 27.1 Å². The lowest BCUT2D eigenvalue weighted by atomic mass is 10.6. The van der Waals surface area contributed by atoms with E-state index >= 15 is 0 Å². The molecule has 0 fully saturated rings. The minimum Gasteiger partial charge on any atom is -0.387 e. The van der Waals surface area contributed by atoms with Crippen molar-refractivity contribution in [2.75, 3.05) is 24.9 Å². The van der Waals surface area contributed by atoms with Crippen LogP contribution in [0.5, 0.6) is 0 Å². The van der Waals surface area contributed by atoms with Gasteiger partial charge in [0.2, 0.25) is 0 Å². The number of alkyl halides is 1. The molecule has 62 valence electrons. The first-order chi connectivity index (χ1) is 4.85. The van der Waals surface area contributed by atoms with Crippen molar-refractivity contribution < 1.29 is 4.74 Å². The van der Waals surface area contributed by atoms with Gasteiger partial charge >= 0.3 is 0 Å². The fourth-order valence-electron chi connectivity index (χ4n) is 0.760. The first-order valence-electron chi connectivity index (χ1n) is 3.42. The Balaban J connectivity index is 3.21. The highest BCUT2D eigenvalue weighted by molar-refractivity contribution is 9.09. The van der Waals surface area contributed by atoms with Gasteiger partial charge in [0.05, 0.1) is 0 Å². The van der Waals surface area contributed by atoms with E-state index < -0.39 is 7.95 Å². The van der Waals surface area contributed by atoms with Crippen LogP contribution < -0.4 is 0 Å². The predicted molar refractivity (Wildman–Crippen MR) is 55.8 cm³/mol. The lowest BCUT2D eigenvalue weighted by Crippen LogP contribution is -2.15. The topological polar surface area (TPSA) is 9.23 Å². The average Bonchev–Trinajstić information content (AvgIpc) is 1.98. The van der Waals surface area contributed by atoms with Crippen molar-refractivity contribution in [1.82, 2.24) is 0 Å². The molecule has 0 aliphatic rings. The maximum absolute atomic E-state index is 5.12. The molecule has 0 aliphatic carbocycles. The summed E-state index contributed by atoms with van der Waals surface area (Å²) in [4.78, 5) is 0. The molecule has 0 amide bonds. The van der Waals surface area contributed by atoms with Crippen molar-refractivity contribution >= 4 is 35.1 Å². The molecule has 4 heteroatoms. The van der Waals surface area contributed by atoms with Gasteiger partial charge in [0.15, 0.2) is 0 Å². The van der Waals surface area contributed by atoms with E-state index in [1.807, 2.05) is 11.2 Å². The molecule has 0 aliphatic heterocycles. The Morgan fingerprint density at radius 3 is 2.70 bits per heavy atom. The Hall–Kier alpha value is 1.01. The highest BCUT2D eigenvalue weighted by Gasteiger charge is 2.06. The standard InChI is InChI=1S/C6H15BrOSSi/c1-8-6-10(9-2)5-3-4-7/h10H,3-6H2,1-2H3. The third-order valence-corrected chi connectivity index (χ3v) is 7.45. The van der Waals surface area contributed by atoms with Gasteiger partial charge in [-0.3, -0.25) is 0 Å².